The zero-order chi connectivity index (χ0) is 17.1. The Balaban J connectivity index is 1.58. The molecule has 0 radical (unpaired) electrons. The quantitative estimate of drug-likeness (QED) is 0.843. The maximum atomic E-state index is 12.1. The van der Waals surface area contributed by atoms with E-state index < -0.39 is 11.9 Å². The lowest BCUT2D eigenvalue weighted by molar-refractivity contribution is -0.152. The topological polar surface area (TPSA) is 75.6 Å². The van der Waals surface area contributed by atoms with Crippen molar-refractivity contribution in [1.82, 2.24) is 5.32 Å². The lowest BCUT2D eigenvalue weighted by Gasteiger charge is -2.31. The minimum atomic E-state index is -0.876. The Hall–Kier alpha value is -2.34. The van der Waals surface area contributed by atoms with E-state index >= 15 is 0 Å². The molecule has 1 saturated carbocycles. The van der Waals surface area contributed by atoms with Gasteiger partial charge in [-0.1, -0.05) is 0 Å². The maximum absolute atomic E-state index is 12.1. The summed E-state index contributed by atoms with van der Waals surface area (Å²) in [5, 5.41) is 11.9. The highest BCUT2D eigenvalue weighted by Gasteiger charge is 2.41. The van der Waals surface area contributed by atoms with Crippen molar-refractivity contribution in [2.45, 2.75) is 19.4 Å². The highest BCUT2D eigenvalue weighted by Crippen LogP contribution is 2.35. The summed E-state index contributed by atoms with van der Waals surface area (Å²) in [6, 6.07) is 11.8. The van der Waals surface area contributed by atoms with Crippen LogP contribution in [-0.2, 0) is 16.1 Å². The molecule has 0 bridgehead atoms. The molecule has 126 valence electrons. The smallest absolute Gasteiger partial charge is 0.307 e. The molecular weight excluding hydrogens is 326 g/mol. The van der Waals surface area contributed by atoms with Crippen LogP contribution in [0.5, 0.6) is 5.75 Å². The molecule has 6 heteroatoms. The highest BCUT2D eigenvalue weighted by molar-refractivity contribution is 7.15. The first kappa shape index (κ1) is 16.5. The molecule has 2 aromatic rings. The number of carboxylic acids is 1. The number of amides is 1. The Labute approximate surface area is 144 Å². The first-order valence-electron chi connectivity index (χ1n) is 7.82. The summed E-state index contributed by atoms with van der Waals surface area (Å²) < 4.78 is 5.15. The number of nitrogens with one attached hydrogen (secondary N) is 1. The SMILES string of the molecule is COc1ccc(-c2ccc(CNC(=O)[C@@H]3CC[C@H]3C(=O)O)s2)cc1. The number of aliphatic carboxylic acids is 1. The van der Waals surface area contributed by atoms with Crippen molar-refractivity contribution in [2.24, 2.45) is 11.8 Å². The van der Waals surface area contributed by atoms with E-state index in [2.05, 4.69) is 5.32 Å². The Morgan fingerprint density at radius 3 is 2.46 bits per heavy atom. The number of carboxylic acid groups (broad SMARTS) is 1. The molecule has 1 aromatic carbocycles. The van der Waals surface area contributed by atoms with Crippen molar-refractivity contribution in [1.29, 1.82) is 0 Å². The monoisotopic (exact) mass is 345 g/mol. The van der Waals surface area contributed by atoms with Gasteiger partial charge in [0.2, 0.25) is 5.91 Å². The van der Waals surface area contributed by atoms with Gasteiger partial charge in [-0.3, -0.25) is 9.59 Å². The third-order valence-corrected chi connectivity index (χ3v) is 5.54. The second-order valence-electron chi connectivity index (χ2n) is 5.84. The van der Waals surface area contributed by atoms with E-state index in [4.69, 9.17) is 9.84 Å². The molecule has 0 aliphatic heterocycles. The van der Waals surface area contributed by atoms with Crippen LogP contribution < -0.4 is 10.1 Å². The standard InChI is InChI=1S/C18H19NO4S/c1-23-12-4-2-11(3-5-12)16-9-6-13(24-16)10-19-17(20)14-7-8-15(14)18(21)22/h2-6,9,14-15H,7-8,10H2,1H3,(H,19,20)(H,21,22)/t14-,15-/m1/s1. The van der Waals surface area contributed by atoms with E-state index in [-0.39, 0.29) is 11.8 Å². The number of methoxy groups -OCH3 is 1. The maximum Gasteiger partial charge on any atom is 0.307 e. The van der Waals surface area contributed by atoms with Gasteiger partial charge in [0.05, 0.1) is 25.5 Å². The number of hydrogen-bond acceptors (Lipinski definition) is 4. The number of rotatable bonds is 6. The van der Waals surface area contributed by atoms with Crippen molar-refractivity contribution in [3.63, 3.8) is 0 Å². The summed E-state index contributed by atoms with van der Waals surface area (Å²) in [4.78, 5) is 25.2. The number of carbonyl (C=O) groups excluding carboxylic acids is 1. The zero-order valence-corrected chi connectivity index (χ0v) is 14.1. The van der Waals surface area contributed by atoms with Gasteiger partial charge in [-0.15, -0.1) is 11.3 Å². The fraction of sp³-hybridized carbons (Fsp3) is 0.333. The molecule has 1 heterocycles. The van der Waals surface area contributed by atoms with Crippen LogP contribution in [-0.4, -0.2) is 24.1 Å². The largest absolute Gasteiger partial charge is 0.497 e. The summed E-state index contributed by atoms with van der Waals surface area (Å²) in [7, 11) is 1.64. The molecule has 3 rings (SSSR count). The summed E-state index contributed by atoms with van der Waals surface area (Å²) in [6.45, 7) is 0.433. The summed E-state index contributed by atoms with van der Waals surface area (Å²) in [5.74, 6) is -1.13. The van der Waals surface area contributed by atoms with Crippen LogP contribution in [0, 0.1) is 11.8 Å². The fourth-order valence-corrected chi connectivity index (χ4v) is 3.75. The molecule has 2 atom stereocenters. The molecule has 1 fully saturated rings. The van der Waals surface area contributed by atoms with Crippen LogP contribution >= 0.6 is 11.3 Å². The Kier molecular flexibility index (Phi) is 4.85. The molecule has 1 amide bonds. The number of hydrogen-bond donors (Lipinski definition) is 2. The lowest BCUT2D eigenvalue weighted by atomic mass is 9.73. The highest BCUT2D eigenvalue weighted by atomic mass is 32.1. The molecule has 0 unspecified atom stereocenters. The summed E-state index contributed by atoms with van der Waals surface area (Å²) in [5.41, 5.74) is 1.10. The van der Waals surface area contributed by atoms with Gasteiger partial charge in [0, 0.05) is 9.75 Å². The molecular formula is C18H19NO4S. The summed E-state index contributed by atoms with van der Waals surface area (Å²) >= 11 is 1.61. The van der Waals surface area contributed by atoms with E-state index in [1.165, 1.54) is 0 Å². The van der Waals surface area contributed by atoms with Crippen LogP contribution in [0.15, 0.2) is 36.4 Å². The van der Waals surface area contributed by atoms with Crippen molar-refractivity contribution in [3.05, 3.63) is 41.3 Å². The van der Waals surface area contributed by atoms with Crippen LogP contribution in [0.1, 0.15) is 17.7 Å². The van der Waals surface area contributed by atoms with Crippen LogP contribution in [0.25, 0.3) is 10.4 Å². The average molecular weight is 345 g/mol. The molecule has 1 aromatic heterocycles. The van der Waals surface area contributed by atoms with Gasteiger partial charge in [0.15, 0.2) is 0 Å². The normalized spacial score (nSPS) is 19.4. The van der Waals surface area contributed by atoms with Crippen molar-refractivity contribution >= 4 is 23.2 Å². The van der Waals surface area contributed by atoms with E-state index in [0.717, 1.165) is 21.1 Å². The number of thiophene rings is 1. The Bertz CT molecular complexity index is 738. The Morgan fingerprint density at radius 1 is 1.17 bits per heavy atom. The Morgan fingerprint density at radius 2 is 1.88 bits per heavy atom. The molecule has 0 spiro atoms. The molecule has 5 nitrogen and oxygen atoms in total. The minimum absolute atomic E-state index is 0.159. The predicted molar refractivity (Wildman–Crippen MR) is 92.0 cm³/mol. The van der Waals surface area contributed by atoms with E-state index in [1.807, 2.05) is 36.4 Å². The van der Waals surface area contributed by atoms with E-state index in [0.29, 0.717) is 19.4 Å². The first-order chi connectivity index (χ1) is 11.6. The van der Waals surface area contributed by atoms with Crippen molar-refractivity contribution in [3.8, 4) is 16.2 Å². The van der Waals surface area contributed by atoms with Crippen LogP contribution in [0.2, 0.25) is 0 Å². The van der Waals surface area contributed by atoms with Crippen molar-refractivity contribution in [2.75, 3.05) is 7.11 Å². The van der Waals surface area contributed by atoms with Gasteiger partial charge in [-0.2, -0.15) is 0 Å². The predicted octanol–water partition coefficient (Wildman–Crippen LogP) is 3.15. The van der Waals surface area contributed by atoms with Gasteiger partial charge >= 0.3 is 5.97 Å². The van der Waals surface area contributed by atoms with Gasteiger partial charge < -0.3 is 15.2 Å². The molecule has 1 aliphatic carbocycles. The summed E-state index contributed by atoms with van der Waals surface area (Å²) in [6.07, 6.45) is 1.25. The van der Waals surface area contributed by atoms with Gasteiger partial charge in [-0.05, 0) is 54.8 Å². The van der Waals surface area contributed by atoms with Crippen LogP contribution in [0.3, 0.4) is 0 Å². The van der Waals surface area contributed by atoms with Gasteiger partial charge in [0.25, 0.3) is 0 Å². The molecule has 0 saturated heterocycles. The minimum Gasteiger partial charge on any atom is -0.497 e. The van der Waals surface area contributed by atoms with Crippen LogP contribution in [0.4, 0.5) is 0 Å². The number of ether oxygens (including phenoxy) is 1. The second-order valence-corrected chi connectivity index (χ2v) is 7.01. The zero-order valence-electron chi connectivity index (χ0n) is 13.3. The molecule has 2 N–H and O–H groups in total. The van der Waals surface area contributed by atoms with E-state index in [9.17, 15) is 9.59 Å². The molecule has 24 heavy (non-hydrogen) atoms. The van der Waals surface area contributed by atoms with Crippen molar-refractivity contribution < 1.29 is 19.4 Å². The lowest BCUT2D eigenvalue weighted by Crippen LogP contribution is -2.43. The van der Waals surface area contributed by atoms with Gasteiger partial charge in [-0.25, -0.2) is 0 Å². The third-order valence-electron chi connectivity index (χ3n) is 4.40. The fourth-order valence-electron chi connectivity index (χ4n) is 2.80. The third kappa shape index (κ3) is 3.43. The number of carbonyl (C=O) groups is 2. The second kappa shape index (κ2) is 7.05. The average Bonchev–Trinajstić information content (AvgIpc) is 3.00. The van der Waals surface area contributed by atoms with Gasteiger partial charge in [0.1, 0.15) is 5.75 Å². The first-order valence-corrected chi connectivity index (χ1v) is 8.64. The number of benzene rings is 1. The molecule has 1 aliphatic rings. The van der Waals surface area contributed by atoms with E-state index in [1.54, 1.807) is 18.4 Å².